The molecular formula is C5H10OS2. The van der Waals surface area contributed by atoms with Gasteiger partial charge in [0.1, 0.15) is 5.44 Å². The van der Waals surface area contributed by atoms with E-state index in [0.717, 1.165) is 12.2 Å². The third-order valence-electron chi connectivity index (χ3n) is 1.18. The fraction of sp³-hybridized carbons (Fsp3) is 1.00. The molecule has 1 saturated heterocycles. The van der Waals surface area contributed by atoms with Crippen molar-refractivity contribution >= 4 is 24.4 Å². The van der Waals surface area contributed by atoms with Crippen LogP contribution >= 0.6 is 24.4 Å². The van der Waals surface area contributed by atoms with Crippen LogP contribution in [0.5, 0.6) is 0 Å². The van der Waals surface area contributed by atoms with Gasteiger partial charge in [0, 0.05) is 0 Å². The first kappa shape index (κ1) is 6.78. The lowest BCUT2D eigenvalue weighted by molar-refractivity contribution is 0.397. The highest BCUT2D eigenvalue weighted by molar-refractivity contribution is 7.99. The molecule has 0 amide bonds. The summed E-state index contributed by atoms with van der Waals surface area (Å²) in [5.41, 5.74) is 0.488. The molecule has 0 N–H and O–H groups in total. The molecule has 1 nitrogen and oxygen atoms in total. The Morgan fingerprint density at radius 1 is 1.75 bits per heavy atom. The number of ether oxygens (including phenoxy) is 1. The topological polar surface area (TPSA) is 12.5 Å². The van der Waals surface area contributed by atoms with Gasteiger partial charge in [0.2, 0.25) is 0 Å². The highest BCUT2D eigenvalue weighted by atomic mass is 32.2. The van der Waals surface area contributed by atoms with Crippen LogP contribution in [-0.4, -0.2) is 23.5 Å². The van der Waals surface area contributed by atoms with Gasteiger partial charge in [0.15, 0.2) is 0 Å². The van der Waals surface area contributed by atoms with Gasteiger partial charge < -0.3 is 4.74 Å². The van der Waals surface area contributed by atoms with E-state index in [-0.39, 0.29) is 0 Å². The summed E-state index contributed by atoms with van der Waals surface area (Å²) in [4.78, 5) is 0. The van der Waals surface area contributed by atoms with E-state index in [2.05, 4.69) is 18.9 Å². The van der Waals surface area contributed by atoms with Crippen molar-refractivity contribution in [3.05, 3.63) is 0 Å². The Kier molecular flexibility index (Phi) is 2.53. The maximum atomic E-state index is 5.22. The second kappa shape index (κ2) is 2.99. The number of epoxide rings is 1. The lowest BCUT2D eigenvalue weighted by Crippen LogP contribution is -1.88. The van der Waals surface area contributed by atoms with Crippen LogP contribution in [0.4, 0.5) is 0 Å². The third kappa shape index (κ3) is 1.57. The van der Waals surface area contributed by atoms with Crippen LogP contribution in [0.3, 0.4) is 0 Å². The summed E-state index contributed by atoms with van der Waals surface area (Å²) in [5, 5.41) is 0. The van der Waals surface area contributed by atoms with Gasteiger partial charge in [-0.1, -0.05) is 0 Å². The molecule has 48 valence electrons. The van der Waals surface area contributed by atoms with E-state index in [1.54, 1.807) is 11.8 Å². The Morgan fingerprint density at radius 3 is 2.88 bits per heavy atom. The molecule has 2 unspecified atom stereocenters. The first-order chi connectivity index (χ1) is 3.88. The fourth-order valence-electron chi connectivity index (χ4n) is 0.666. The van der Waals surface area contributed by atoms with Gasteiger partial charge in [-0.15, -0.1) is 11.8 Å². The number of hydrogen-bond acceptors (Lipinski definition) is 3. The van der Waals surface area contributed by atoms with Gasteiger partial charge in [0.25, 0.3) is 0 Å². The van der Waals surface area contributed by atoms with Gasteiger partial charge in [-0.05, 0) is 18.4 Å². The van der Waals surface area contributed by atoms with E-state index in [9.17, 15) is 0 Å². The average molecular weight is 150 g/mol. The van der Waals surface area contributed by atoms with Gasteiger partial charge in [-0.25, -0.2) is 0 Å². The third-order valence-corrected chi connectivity index (χ3v) is 2.32. The maximum Gasteiger partial charge on any atom is 0.129 e. The molecule has 1 heterocycles. The summed E-state index contributed by atoms with van der Waals surface area (Å²) in [6.07, 6.45) is 3.69. The summed E-state index contributed by atoms with van der Waals surface area (Å²) in [7, 11) is 0. The van der Waals surface area contributed by atoms with E-state index in [0.29, 0.717) is 11.5 Å². The molecule has 2 atom stereocenters. The molecule has 1 rings (SSSR count). The summed E-state index contributed by atoms with van der Waals surface area (Å²) in [6, 6.07) is 0. The van der Waals surface area contributed by atoms with Gasteiger partial charge in [-0.3, -0.25) is 0 Å². The van der Waals surface area contributed by atoms with Crippen LogP contribution in [0.25, 0.3) is 0 Å². The number of thioether (sulfide) groups is 1. The standard InChI is InChI=1S/C5H10OS2/c1-8-5-4(6-5)2-3-7/h4-5,7H,2-3H2,1H3. The SMILES string of the molecule is CSC1OC1CCS. The minimum atomic E-state index is 0.488. The zero-order valence-electron chi connectivity index (χ0n) is 4.83. The lowest BCUT2D eigenvalue weighted by Gasteiger charge is -1.83. The predicted molar refractivity (Wildman–Crippen MR) is 40.6 cm³/mol. The molecule has 0 saturated carbocycles. The van der Waals surface area contributed by atoms with Gasteiger partial charge >= 0.3 is 0 Å². The van der Waals surface area contributed by atoms with Crippen molar-refractivity contribution in [1.29, 1.82) is 0 Å². The smallest absolute Gasteiger partial charge is 0.129 e. The Labute approximate surface area is 59.6 Å². The quantitative estimate of drug-likeness (QED) is 0.482. The van der Waals surface area contributed by atoms with E-state index >= 15 is 0 Å². The second-order valence-corrected chi connectivity index (χ2v) is 3.17. The molecule has 0 aromatic rings. The molecule has 1 aliphatic heterocycles. The zero-order valence-corrected chi connectivity index (χ0v) is 6.54. The number of rotatable bonds is 3. The van der Waals surface area contributed by atoms with E-state index < -0.39 is 0 Å². The van der Waals surface area contributed by atoms with E-state index in [1.165, 1.54) is 0 Å². The van der Waals surface area contributed by atoms with E-state index in [4.69, 9.17) is 4.74 Å². The molecule has 1 aliphatic rings. The summed E-state index contributed by atoms with van der Waals surface area (Å²) >= 11 is 5.87. The van der Waals surface area contributed by atoms with Crippen molar-refractivity contribution in [3.8, 4) is 0 Å². The maximum absolute atomic E-state index is 5.22. The van der Waals surface area contributed by atoms with Crippen LogP contribution in [0.2, 0.25) is 0 Å². The Morgan fingerprint density at radius 2 is 2.50 bits per heavy atom. The zero-order chi connectivity index (χ0) is 5.98. The van der Waals surface area contributed by atoms with Crippen molar-refractivity contribution < 1.29 is 4.74 Å². The Balaban J connectivity index is 1.99. The number of thiol groups is 1. The van der Waals surface area contributed by atoms with Crippen molar-refractivity contribution in [2.24, 2.45) is 0 Å². The molecule has 0 aromatic carbocycles. The molecular weight excluding hydrogens is 140 g/mol. The Hall–Kier alpha value is 0.660. The minimum Gasteiger partial charge on any atom is -0.358 e. The van der Waals surface area contributed by atoms with Crippen molar-refractivity contribution in [2.45, 2.75) is 18.0 Å². The van der Waals surface area contributed by atoms with Crippen LogP contribution in [0.15, 0.2) is 0 Å². The normalized spacial score (nSPS) is 35.2. The highest BCUT2D eigenvalue weighted by Crippen LogP contribution is 2.33. The van der Waals surface area contributed by atoms with Crippen LogP contribution in [0, 0.1) is 0 Å². The van der Waals surface area contributed by atoms with Gasteiger partial charge in [0.05, 0.1) is 6.10 Å². The molecule has 0 aromatic heterocycles. The molecule has 8 heavy (non-hydrogen) atoms. The summed E-state index contributed by atoms with van der Waals surface area (Å²) in [5.74, 6) is 0.946. The molecule has 3 heteroatoms. The monoisotopic (exact) mass is 150 g/mol. The first-order valence-electron chi connectivity index (χ1n) is 2.67. The van der Waals surface area contributed by atoms with Crippen LogP contribution in [-0.2, 0) is 4.74 Å². The highest BCUT2D eigenvalue weighted by Gasteiger charge is 2.36. The minimum absolute atomic E-state index is 0.488. The average Bonchev–Trinajstić information content (AvgIpc) is 2.48. The second-order valence-electron chi connectivity index (χ2n) is 1.79. The molecule has 0 bridgehead atoms. The molecule has 0 spiro atoms. The predicted octanol–water partition coefficient (Wildman–Crippen LogP) is 1.39. The number of hydrogen-bond donors (Lipinski definition) is 1. The molecule has 0 aliphatic carbocycles. The van der Waals surface area contributed by atoms with Gasteiger partial charge in [-0.2, -0.15) is 12.6 Å². The van der Waals surface area contributed by atoms with E-state index in [1.807, 2.05) is 0 Å². The summed E-state index contributed by atoms with van der Waals surface area (Å²) < 4.78 is 5.22. The van der Waals surface area contributed by atoms with Crippen molar-refractivity contribution in [3.63, 3.8) is 0 Å². The van der Waals surface area contributed by atoms with Crippen molar-refractivity contribution in [2.75, 3.05) is 12.0 Å². The fourth-order valence-corrected chi connectivity index (χ4v) is 1.61. The van der Waals surface area contributed by atoms with Crippen molar-refractivity contribution in [1.82, 2.24) is 0 Å². The van der Waals surface area contributed by atoms with Crippen LogP contribution in [0.1, 0.15) is 6.42 Å². The summed E-state index contributed by atoms with van der Waals surface area (Å²) in [6.45, 7) is 0. The molecule has 1 fully saturated rings. The first-order valence-corrected chi connectivity index (χ1v) is 4.59. The largest absolute Gasteiger partial charge is 0.358 e. The molecule has 0 radical (unpaired) electrons. The van der Waals surface area contributed by atoms with Crippen LogP contribution < -0.4 is 0 Å². The lowest BCUT2D eigenvalue weighted by atomic mass is 10.4. The Bertz CT molecular complexity index is 76.8.